The lowest BCUT2D eigenvalue weighted by Crippen LogP contribution is -2.44. The molecule has 0 radical (unpaired) electrons. The number of nitrogens with one attached hydrogen (secondary N) is 1. The summed E-state index contributed by atoms with van der Waals surface area (Å²) >= 11 is 0. The van der Waals surface area contributed by atoms with E-state index in [4.69, 9.17) is 0 Å². The van der Waals surface area contributed by atoms with Crippen molar-refractivity contribution in [3.05, 3.63) is 23.9 Å². The average molecular weight is 274 g/mol. The molecule has 1 amide bonds. The van der Waals surface area contributed by atoms with E-state index in [9.17, 15) is 4.79 Å². The number of likely N-dealkylation sites (tertiary alicyclic amines) is 1. The highest BCUT2D eigenvalue weighted by atomic mass is 16.2. The van der Waals surface area contributed by atoms with E-state index < -0.39 is 0 Å². The summed E-state index contributed by atoms with van der Waals surface area (Å²) in [5.74, 6) is 1.23. The molecule has 20 heavy (non-hydrogen) atoms. The molecule has 1 atom stereocenters. The molecule has 2 fully saturated rings. The van der Waals surface area contributed by atoms with Gasteiger partial charge in [0.1, 0.15) is 5.82 Å². The van der Waals surface area contributed by atoms with Gasteiger partial charge in [-0.25, -0.2) is 4.98 Å². The summed E-state index contributed by atoms with van der Waals surface area (Å²) in [5, 5.41) is 3.37. The van der Waals surface area contributed by atoms with E-state index >= 15 is 0 Å². The molecule has 1 aromatic heterocycles. The molecule has 0 unspecified atom stereocenters. The highest BCUT2D eigenvalue weighted by Crippen LogP contribution is 2.36. The van der Waals surface area contributed by atoms with Gasteiger partial charge in [-0.1, -0.05) is 6.07 Å². The smallest absolute Gasteiger partial charge is 0.219 e. The van der Waals surface area contributed by atoms with Crippen molar-refractivity contribution in [2.75, 3.05) is 37.6 Å². The number of nitrogens with zero attached hydrogens (tertiary/aromatic N) is 3. The van der Waals surface area contributed by atoms with Crippen molar-refractivity contribution >= 4 is 11.7 Å². The topological polar surface area (TPSA) is 48.5 Å². The van der Waals surface area contributed by atoms with Gasteiger partial charge in [0.25, 0.3) is 0 Å². The van der Waals surface area contributed by atoms with Crippen LogP contribution in [0, 0.1) is 0 Å². The highest BCUT2D eigenvalue weighted by molar-refractivity contribution is 5.74. The number of hydrogen-bond acceptors (Lipinski definition) is 4. The summed E-state index contributed by atoms with van der Waals surface area (Å²) in [6.07, 6.45) is 3.98. The van der Waals surface area contributed by atoms with Gasteiger partial charge in [-0.05, 0) is 18.9 Å². The third-order valence-corrected chi connectivity index (χ3v) is 4.25. The minimum absolute atomic E-state index is 0.169. The predicted octanol–water partition coefficient (Wildman–Crippen LogP) is 1.17. The van der Waals surface area contributed by atoms with Crippen LogP contribution in [0.3, 0.4) is 0 Å². The van der Waals surface area contributed by atoms with Crippen LogP contribution in [0.5, 0.6) is 0 Å². The molecule has 0 saturated carbocycles. The standard InChI is InChI=1S/C15H22N4O/c1-12(20)19-9-3-5-14(19)13-4-2-6-17-15(13)18-10-7-16-8-11-18/h2,4,6,14,16H,3,5,7-11H2,1H3/t14-/m0/s1. The summed E-state index contributed by atoms with van der Waals surface area (Å²) in [7, 11) is 0. The van der Waals surface area contributed by atoms with Gasteiger partial charge in [-0.15, -0.1) is 0 Å². The number of anilines is 1. The van der Waals surface area contributed by atoms with E-state index in [1.807, 2.05) is 17.2 Å². The maximum absolute atomic E-state index is 11.8. The molecule has 2 saturated heterocycles. The first-order valence-electron chi connectivity index (χ1n) is 7.45. The van der Waals surface area contributed by atoms with Crippen LogP contribution in [0.4, 0.5) is 5.82 Å². The average Bonchev–Trinajstić information content (AvgIpc) is 2.98. The first kappa shape index (κ1) is 13.4. The summed E-state index contributed by atoms with van der Waals surface area (Å²) < 4.78 is 0. The van der Waals surface area contributed by atoms with Crippen molar-refractivity contribution in [3.63, 3.8) is 0 Å². The van der Waals surface area contributed by atoms with Crippen molar-refractivity contribution in [2.45, 2.75) is 25.8 Å². The molecule has 5 nitrogen and oxygen atoms in total. The Hall–Kier alpha value is -1.62. The van der Waals surface area contributed by atoms with Crippen molar-refractivity contribution in [1.29, 1.82) is 0 Å². The molecule has 108 valence electrons. The summed E-state index contributed by atoms with van der Waals surface area (Å²) in [4.78, 5) is 20.7. The molecule has 5 heteroatoms. The minimum atomic E-state index is 0.169. The van der Waals surface area contributed by atoms with E-state index in [-0.39, 0.29) is 11.9 Å². The molecular weight excluding hydrogens is 252 g/mol. The Balaban J connectivity index is 1.90. The Morgan fingerprint density at radius 2 is 2.15 bits per heavy atom. The van der Waals surface area contributed by atoms with Crippen molar-refractivity contribution in [3.8, 4) is 0 Å². The van der Waals surface area contributed by atoms with Crippen LogP contribution >= 0.6 is 0 Å². The second-order valence-corrected chi connectivity index (χ2v) is 5.52. The second-order valence-electron chi connectivity index (χ2n) is 5.52. The van der Waals surface area contributed by atoms with Crippen LogP contribution in [0.25, 0.3) is 0 Å². The van der Waals surface area contributed by atoms with Gasteiger partial charge in [0.2, 0.25) is 5.91 Å². The number of pyridine rings is 1. The van der Waals surface area contributed by atoms with Crippen LogP contribution in [0.2, 0.25) is 0 Å². The minimum Gasteiger partial charge on any atom is -0.354 e. The molecule has 0 aliphatic carbocycles. The maximum Gasteiger partial charge on any atom is 0.219 e. The molecule has 0 spiro atoms. The van der Waals surface area contributed by atoms with Gasteiger partial charge < -0.3 is 15.1 Å². The summed E-state index contributed by atoms with van der Waals surface area (Å²) in [6.45, 7) is 6.50. The fourth-order valence-electron chi connectivity index (χ4n) is 3.28. The maximum atomic E-state index is 11.8. The fraction of sp³-hybridized carbons (Fsp3) is 0.600. The normalized spacial score (nSPS) is 23.1. The monoisotopic (exact) mass is 274 g/mol. The number of piperazine rings is 1. The molecule has 1 N–H and O–H groups in total. The summed E-state index contributed by atoms with van der Waals surface area (Å²) in [5.41, 5.74) is 1.21. The number of amides is 1. The lowest BCUT2D eigenvalue weighted by Gasteiger charge is -2.32. The number of carbonyl (C=O) groups excluding carboxylic acids is 1. The molecule has 0 aromatic carbocycles. The van der Waals surface area contributed by atoms with Crippen molar-refractivity contribution in [1.82, 2.24) is 15.2 Å². The lowest BCUT2D eigenvalue weighted by atomic mass is 10.0. The molecule has 3 heterocycles. The van der Waals surface area contributed by atoms with E-state index in [1.165, 1.54) is 5.56 Å². The zero-order valence-electron chi connectivity index (χ0n) is 12.0. The zero-order chi connectivity index (χ0) is 13.9. The number of rotatable bonds is 2. The number of carbonyl (C=O) groups is 1. The van der Waals surface area contributed by atoms with Gasteiger partial charge in [0.15, 0.2) is 0 Å². The molecule has 2 aliphatic rings. The number of aromatic nitrogens is 1. The van der Waals surface area contributed by atoms with Gasteiger partial charge in [-0.2, -0.15) is 0 Å². The SMILES string of the molecule is CC(=O)N1CCC[C@H]1c1cccnc1N1CCNCC1. The van der Waals surface area contributed by atoms with Gasteiger partial charge in [0, 0.05) is 51.4 Å². The fourth-order valence-corrected chi connectivity index (χ4v) is 3.28. The van der Waals surface area contributed by atoms with Crippen LogP contribution in [0.15, 0.2) is 18.3 Å². The number of hydrogen-bond donors (Lipinski definition) is 1. The van der Waals surface area contributed by atoms with Crippen LogP contribution in [0.1, 0.15) is 31.4 Å². The van der Waals surface area contributed by atoms with Crippen LogP contribution in [-0.2, 0) is 4.79 Å². The first-order chi connectivity index (χ1) is 9.77. The molecule has 3 rings (SSSR count). The third kappa shape index (κ3) is 2.50. The van der Waals surface area contributed by atoms with Crippen molar-refractivity contribution in [2.24, 2.45) is 0 Å². The van der Waals surface area contributed by atoms with Gasteiger partial charge in [-0.3, -0.25) is 4.79 Å². The summed E-state index contributed by atoms with van der Waals surface area (Å²) in [6, 6.07) is 4.32. The highest BCUT2D eigenvalue weighted by Gasteiger charge is 2.31. The molecular formula is C15H22N4O. The second kappa shape index (κ2) is 5.79. The predicted molar refractivity (Wildman–Crippen MR) is 78.7 cm³/mol. The quantitative estimate of drug-likeness (QED) is 0.879. The van der Waals surface area contributed by atoms with E-state index in [2.05, 4.69) is 21.3 Å². The Bertz CT molecular complexity index is 485. The zero-order valence-corrected chi connectivity index (χ0v) is 12.0. The Morgan fingerprint density at radius 3 is 2.90 bits per heavy atom. The molecule has 1 aromatic rings. The van der Waals surface area contributed by atoms with E-state index in [0.29, 0.717) is 0 Å². The molecule has 2 aliphatic heterocycles. The van der Waals surface area contributed by atoms with Crippen LogP contribution in [-0.4, -0.2) is 48.5 Å². The van der Waals surface area contributed by atoms with Crippen molar-refractivity contribution < 1.29 is 4.79 Å². The van der Waals surface area contributed by atoms with E-state index in [0.717, 1.165) is 51.4 Å². The lowest BCUT2D eigenvalue weighted by molar-refractivity contribution is -0.129. The van der Waals surface area contributed by atoms with E-state index in [1.54, 1.807) is 6.92 Å². The van der Waals surface area contributed by atoms with Crippen LogP contribution < -0.4 is 10.2 Å². The third-order valence-electron chi connectivity index (χ3n) is 4.25. The Kier molecular flexibility index (Phi) is 3.87. The Labute approximate surface area is 120 Å². The first-order valence-corrected chi connectivity index (χ1v) is 7.45. The van der Waals surface area contributed by atoms with Gasteiger partial charge in [0.05, 0.1) is 6.04 Å². The Morgan fingerprint density at radius 1 is 1.35 bits per heavy atom. The van der Waals surface area contributed by atoms with Gasteiger partial charge >= 0.3 is 0 Å². The largest absolute Gasteiger partial charge is 0.354 e. The molecule has 0 bridgehead atoms.